The van der Waals surface area contributed by atoms with Gasteiger partial charge >= 0.3 is 0 Å². The molecular weight excluding hydrogens is 323 g/mol. The predicted octanol–water partition coefficient (Wildman–Crippen LogP) is 2.66. The number of carbonyl (C=O) groups is 1. The summed E-state index contributed by atoms with van der Waals surface area (Å²) in [5.41, 5.74) is 0.434. The van der Waals surface area contributed by atoms with Crippen molar-refractivity contribution >= 4 is 21.8 Å². The van der Waals surface area contributed by atoms with Crippen molar-refractivity contribution in [2.24, 2.45) is 11.8 Å². The third-order valence-electron chi connectivity index (χ3n) is 4.51. The molecule has 3 unspecified atom stereocenters. The van der Waals surface area contributed by atoms with Crippen LogP contribution in [0.4, 0.5) is 4.39 Å². The van der Waals surface area contributed by atoms with Crippen LogP contribution in [-0.4, -0.2) is 36.5 Å². The molecule has 0 saturated carbocycles. The van der Waals surface area contributed by atoms with Gasteiger partial charge < -0.3 is 10.2 Å². The fraction of sp³-hybridized carbons (Fsp3) is 0.533. The average molecular weight is 341 g/mol. The molecule has 2 fully saturated rings. The zero-order chi connectivity index (χ0) is 14.3. The molecule has 3 atom stereocenters. The Morgan fingerprint density at radius 2 is 2.25 bits per heavy atom. The topological polar surface area (TPSA) is 32.3 Å². The molecule has 3 nitrogen and oxygen atoms in total. The van der Waals surface area contributed by atoms with Crippen LogP contribution in [0.3, 0.4) is 0 Å². The second-order valence-corrected chi connectivity index (χ2v) is 6.59. The summed E-state index contributed by atoms with van der Waals surface area (Å²) in [6.07, 6.45) is 0.949. The lowest BCUT2D eigenvalue weighted by molar-refractivity contribution is 0.0711. The third kappa shape index (κ3) is 2.37. The first-order valence-corrected chi connectivity index (χ1v) is 7.87. The largest absolute Gasteiger partial charge is 0.335 e. The van der Waals surface area contributed by atoms with Crippen LogP contribution in [0, 0.1) is 17.7 Å². The quantitative estimate of drug-likeness (QED) is 0.897. The number of rotatable bonds is 2. The molecule has 2 aliphatic heterocycles. The van der Waals surface area contributed by atoms with E-state index in [-0.39, 0.29) is 17.8 Å². The van der Waals surface area contributed by atoms with E-state index in [9.17, 15) is 9.18 Å². The second-order valence-electron chi connectivity index (χ2n) is 5.67. The van der Waals surface area contributed by atoms with Gasteiger partial charge in [-0.1, -0.05) is 22.9 Å². The fourth-order valence-corrected chi connectivity index (χ4v) is 4.09. The summed E-state index contributed by atoms with van der Waals surface area (Å²) in [7, 11) is 0. The van der Waals surface area contributed by atoms with E-state index in [1.54, 1.807) is 6.07 Å². The van der Waals surface area contributed by atoms with Crippen LogP contribution in [0.1, 0.15) is 23.7 Å². The highest BCUT2D eigenvalue weighted by atomic mass is 79.9. The predicted molar refractivity (Wildman–Crippen MR) is 79.1 cm³/mol. The molecule has 5 heteroatoms. The van der Waals surface area contributed by atoms with Gasteiger partial charge in [0.2, 0.25) is 0 Å². The minimum absolute atomic E-state index is 0.0496. The molecule has 0 bridgehead atoms. The maximum atomic E-state index is 13.5. The van der Waals surface area contributed by atoms with Crippen LogP contribution in [0.5, 0.6) is 0 Å². The van der Waals surface area contributed by atoms with Crippen LogP contribution < -0.4 is 5.32 Å². The number of hydrogen-bond acceptors (Lipinski definition) is 2. The van der Waals surface area contributed by atoms with E-state index >= 15 is 0 Å². The van der Waals surface area contributed by atoms with Gasteiger partial charge in [0.1, 0.15) is 5.82 Å². The van der Waals surface area contributed by atoms with Crippen molar-refractivity contribution in [3.63, 3.8) is 0 Å². The molecule has 0 aromatic heterocycles. The number of halogens is 2. The number of carbonyl (C=O) groups excluding carboxylic acids is 1. The molecule has 108 valence electrons. The van der Waals surface area contributed by atoms with Gasteiger partial charge in [0.25, 0.3) is 5.91 Å². The number of fused-ring (bicyclic) bond motifs is 1. The monoisotopic (exact) mass is 340 g/mol. The van der Waals surface area contributed by atoms with Gasteiger partial charge in [-0.3, -0.25) is 4.79 Å². The van der Waals surface area contributed by atoms with E-state index < -0.39 is 0 Å². The summed E-state index contributed by atoms with van der Waals surface area (Å²) in [4.78, 5) is 14.6. The van der Waals surface area contributed by atoms with Crippen LogP contribution in [0.25, 0.3) is 0 Å². The van der Waals surface area contributed by atoms with E-state index in [4.69, 9.17) is 0 Å². The highest BCUT2D eigenvalue weighted by Crippen LogP contribution is 2.35. The summed E-state index contributed by atoms with van der Waals surface area (Å²) in [6.45, 7) is 4.87. The molecule has 3 rings (SSSR count). The van der Waals surface area contributed by atoms with Crippen molar-refractivity contribution < 1.29 is 9.18 Å². The molecule has 1 aromatic rings. The first-order valence-electron chi connectivity index (χ1n) is 7.08. The molecule has 0 aliphatic carbocycles. The summed E-state index contributed by atoms with van der Waals surface area (Å²) in [5, 5.41) is 3.40. The number of benzene rings is 1. The van der Waals surface area contributed by atoms with Crippen molar-refractivity contribution in [1.29, 1.82) is 0 Å². The van der Waals surface area contributed by atoms with Gasteiger partial charge in [-0.15, -0.1) is 0 Å². The molecule has 2 saturated heterocycles. The van der Waals surface area contributed by atoms with Gasteiger partial charge in [-0.2, -0.15) is 0 Å². The highest BCUT2D eigenvalue weighted by molar-refractivity contribution is 9.10. The zero-order valence-electron chi connectivity index (χ0n) is 11.4. The van der Waals surface area contributed by atoms with Gasteiger partial charge in [0, 0.05) is 35.7 Å². The summed E-state index contributed by atoms with van der Waals surface area (Å²) < 4.78 is 14.1. The second kappa shape index (κ2) is 5.45. The van der Waals surface area contributed by atoms with Crippen molar-refractivity contribution in [3.8, 4) is 0 Å². The number of amides is 1. The molecule has 2 aliphatic rings. The third-order valence-corrected chi connectivity index (χ3v) is 4.96. The Bertz CT molecular complexity index is 516. The molecule has 20 heavy (non-hydrogen) atoms. The molecule has 0 spiro atoms. The lowest BCUT2D eigenvalue weighted by Crippen LogP contribution is -2.39. The highest BCUT2D eigenvalue weighted by Gasteiger charge is 2.45. The standard InChI is InChI=1S/C15H18BrFN2O/c1-2-14-13-7-18-6-10(13)8-19(14)15(20)9-3-11(16)5-12(17)4-9/h3-5,10,13-14,18H,2,6-8H2,1H3. The van der Waals surface area contributed by atoms with Gasteiger partial charge in [0.15, 0.2) is 0 Å². The van der Waals surface area contributed by atoms with Gasteiger partial charge in [-0.25, -0.2) is 4.39 Å². The van der Waals surface area contributed by atoms with Crippen molar-refractivity contribution in [1.82, 2.24) is 10.2 Å². The summed E-state index contributed by atoms with van der Waals surface area (Å²) in [5.74, 6) is 0.658. The SMILES string of the molecule is CCC1C2CNCC2CN1C(=O)c1cc(F)cc(Br)c1. The lowest BCUT2D eigenvalue weighted by atomic mass is 9.93. The number of nitrogens with zero attached hydrogens (tertiary/aromatic N) is 1. The first kappa shape index (κ1) is 14.0. The minimum Gasteiger partial charge on any atom is -0.335 e. The molecule has 1 aromatic carbocycles. The Hall–Kier alpha value is -0.940. The Balaban J connectivity index is 1.86. The molecule has 2 heterocycles. The Labute approximate surface area is 126 Å². The number of hydrogen-bond donors (Lipinski definition) is 1. The van der Waals surface area contributed by atoms with Gasteiger partial charge in [0.05, 0.1) is 0 Å². The summed E-state index contributed by atoms with van der Waals surface area (Å²) in [6, 6.07) is 4.66. The van der Waals surface area contributed by atoms with Crippen molar-refractivity contribution in [2.45, 2.75) is 19.4 Å². The maximum absolute atomic E-state index is 13.5. The molecule has 1 amide bonds. The van der Waals surface area contributed by atoms with Crippen molar-refractivity contribution in [2.75, 3.05) is 19.6 Å². The van der Waals surface area contributed by atoms with Crippen LogP contribution in [0.15, 0.2) is 22.7 Å². The Morgan fingerprint density at radius 3 is 2.95 bits per heavy atom. The number of nitrogens with one attached hydrogen (secondary N) is 1. The van der Waals surface area contributed by atoms with E-state index in [1.165, 1.54) is 12.1 Å². The minimum atomic E-state index is -0.378. The van der Waals surface area contributed by atoms with E-state index in [0.29, 0.717) is 21.9 Å². The van der Waals surface area contributed by atoms with E-state index in [0.717, 1.165) is 26.1 Å². The van der Waals surface area contributed by atoms with Crippen LogP contribution in [-0.2, 0) is 0 Å². The fourth-order valence-electron chi connectivity index (χ4n) is 3.62. The smallest absolute Gasteiger partial charge is 0.254 e. The van der Waals surface area contributed by atoms with Crippen LogP contribution >= 0.6 is 15.9 Å². The average Bonchev–Trinajstić information content (AvgIpc) is 2.96. The Morgan fingerprint density at radius 1 is 1.45 bits per heavy atom. The number of likely N-dealkylation sites (tertiary alicyclic amines) is 1. The zero-order valence-corrected chi connectivity index (χ0v) is 13.0. The van der Waals surface area contributed by atoms with E-state index in [1.807, 2.05) is 4.90 Å². The molecule has 1 N–H and O–H groups in total. The summed E-state index contributed by atoms with van der Waals surface area (Å²) >= 11 is 3.25. The van der Waals surface area contributed by atoms with E-state index in [2.05, 4.69) is 28.2 Å². The van der Waals surface area contributed by atoms with Gasteiger partial charge in [-0.05, 0) is 36.5 Å². The van der Waals surface area contributed by atoms with Crippen molar-refractivity contribution in [3.05, 3.63) is 34.1 Å². The van der Waals surface area contributed by atoms with Crippen LogP contribution in [0.2, 0.25) is 0 Å². The maximum Gasteiger partial charge on any atom is 0.254 e. The Kier molecular flexibility index (Phi) is 3.82. The first-order chi connectivity index (χ1) is 9.60. The molecular formula is C15H18BrFN2O. The lowest BCUT2D eigenvalue weighted by Gasteiger charge is -2.27. The molecule has 0 radical (unpaired) electrons. The normalized spacial score (nSPS) is 28.8.